The Labute approximate surface area is 365 Å². The van der Waals surface area contributed by atoms with Gasteiger partial charge in [-0.2, -0.15) is 0 Å². The Morgan fingerprint density at radius 2 is 0.984 bits per heavy atom. The lowest BCUT2D eigenvalue weighted by Gasteiger charge is -2.49. The lowest BCUT2D eigenvalue weighted by Crippen LogP contribution is -2.70. The van der Waals surface area contributed by atoms with Gasteiger partial charge in [-0.15, -0.1) is 0 Å². The molecule has 362 valence electrons. The zero-order valence-corrected chi connectivity index (χ0v) is 37.7. The maximum atomic E-state index is 13.3. The van der Waals surface area contributed by atoms with Gasteiger partial charge in [0.1, 0.15) is 77.3 Å². The summed E-state index contributed by atoms with van der Waals surface area (Å²) in [6, 6.07) is -4.32. The van der Waals surface area contributed by atoms with Gasteiger partial charge in [0.05, 0.1) is 30.8 Å². The van der Waals surface area contributed by atoms with Crippen molar-refractivity contribution in [2.24, 2.45) is 5.11 Å². The van der Waals surface area contributed by atoms with Crippen LogP contribution in [0.5, 0.6) is 0 Å². The first kappa shape index (κ1) is 53.3. The summed E-state index contributed by atoms with van der Waals surface area (Å²) in [5.74, 6) is 0. The van der Waals surface area contributed by atoms with Crippen molar-refractivity contribution in [1.82, 2.24) is 21.3 Å². The first-order valence-corrected chi connectivity index (χ1v) is 20.5. The quantitative estimate of drug-likeness (QED) is 0.0576. The SMILES string of the molecule is CC(C)(C)OC(=O)NCC1O[C@H](O[C@@H]2C(NC(=O)OC(C)(C)C)C[C@@H](NC(=O)OC(C)(C)C)C(O[C@H]3OC(CN=[N+]=[N-])[C@@H](O)C(NC(=O)OC(C)(C)C)[C@H]3O)[C@H]2O)C(O)[C@@H](O)[C@@H]1O. The summed E-state index contributed by atoms with van der Waals surface area (Å²) in [6.07, 6.45) is -25.9. The highest BCUT2D eigenvalue weighted by Gasteiger charge is 2.54. The lowest BCUT2D eigenvalue weighted by atomic mass is 9.83. The summed E-state index contributed by atoms with van der Waals surface area (Å²) in [6.45, 7) is 18.1. The predicted octanol–water partition coefficient (Wildman–Crippen LogP) is 0.291. The van der Waals surface area contributed by atoms with Crippen LogP contribution in [0, 0.1) is 0 Å². The van der Waals surface area contributed by atoms with Crippen molar-refractivity contribution < 1.29 is 87.7 Å². The number of rotatable bonds is 11. The molecule has 10 N–H and O–H groups in total. The van der Waals surface area contributed by atoms with Crippen LogP contribution in [0.1, 0.15) is 89.5 Å². The van der Waals surface area contributed by atoms with E-state index in [1.54, 1.807) is 83.1 Å². The van der Waals surface area contributed by atoms with Crippen LogP contribution >= 0.6 is 0 Å². The summed E-state index contributed by atoms with van der Waals surface area (Å²) < 4.78 is 45.4. The highest BCUT2D eigenvalue weighted by atomic mass is 16.7. The fourth-order valence-corrected chi connectivity index (χ4v) is 6.69. The highest BCUT2D eigenvalue weighted by Crippen LogP contribution is 2.34. The Kier molecular flexibility index (Phi) is 18.0. The molecule has 0 aromatic rings. The third-order valence-corrected chi connectivity index (χ3v) is 9.19. The summed E-state index contributed by atoms with van der Waals surface area (Å²) in [7, 11) is 0. The summed E-state index contributed by atoms with van der Waals surface area (Å²) in [4.78, 5) is 54.6. The van der Waals surface area contributed by atoms with Crippen LogP contribution in [0.4, 0.5) is 19.2 Å². The van der Waals surface area contributed by atoms with Crippen molar-refractivity contribution in [1.29, 1.82) is 0 Å². The third-order valence-electron chi connectivity index (χ3n) is 9.19. The van der Waals surface area contributed by atoms with Gasteiger partial charge in [-0.3, -0.25) is 0 Å². The molecule has 15 atom stereocenters. The average Bonchev–Trinajstić information content (AvgIpc) is 3.10. The molecule has 2 aliphatic heterocycles. The topological polar surface area (TPSA) is 360 Å². The number of carbonyl (C=O) groups excluding carboxylic acids is 4. The minimum Gasteiger partial charge on any atom is -0.444 e. The second-order valence-electron chi connectivity index (χ2n) is 19.4. The standard InChI is InChI=1S/C38H67N7O18/c1-35(2,3)60-31(52)40-14-18-22(47)24(49)25(50)30(56-18)59-28-17(43-33(54)62-37(7,8)9)13-16(42-32(53)61-36(4,5)6)27(26(28)51)58-29-23(48)20(44-34(55)63-38(10,11)12)21(46)19(57-29)15-41-45-39/h16-30,46-51H,13-15H2,1-12H3,(H,40,52)(H,42,53)(H,43,54)(H,44,55)/t16-,17?,18?,19?,20?,21-,22-,23-,24+,25?,26-,27?,28-,29-,30-/m1/s1. The van der Waals surface area contributed by atoms with Crippen LogP contribution in [0.2, 0.25) is 0 Å². The number of hydrogen-bond acceptors (Lipinski definition) is 19. The number of ether oxygens (including phenoxy) is 8. The molecule has 1 saturated carbocycles. The minimum atomic E-state index is -2.02. The fourth-order valence-electron chi connectivity index (χ4n) is 6.69. The lowest BCUT2D eigenvalue weighted by molar-refractivity contribution is -0.332. The third kappa shape index (κ3) is 16.5. The molecule has 0 radical (unpaired) electrons. The second-order valence-corrected chi connectivity index (χ2v) is 19.4. The zero-order valence-electron chi connectivity index (χ0n) is 37.7. The molecule has 3 rings (SSSR count). The number of aliphatic hydroxyl groups is 6. The van der Waals surface area contributed by atoms with Gasteiger partial charge >= 0.3 is 24.4 Å². The largest absolute Gasteiger partial charge is 0.444 e. The number of amides is 4. The summed E-state index contributed by atoms with van der Waals surface area (Å²) in [5.41, 5.74) is 5.09. The van der Waals surface area contributed by atoms with Crippen molar-refractivity contribution in [3.63, 3.8) is 0 Å². The Morgan fingerprint density at radius 3 is 1.43 bits per heavy atom. The Hall–Kier alpha value is -4.01. The number of carbonyl (C=O) groups is 4. The molecule has 25 nitrogen and oxygen atoms in total. The highest BCUT2D eigenvalue weighted by molar-refractivity contribution is 5.70. The van der Waals surface area contributed by atoms with Gasteiger partial charge in [0.15, 0.2) is 12.6 Å². The van der Waals surface area contributed by atoms with Crippen molar-refractivity contribution in [3.8, 4) is 0 Å². The van der Waals surface area contributed by atoms with Gasteiger partial charge in [-0.05, 0) is 95.0 Å². The molecule has 2 heterocycles. The molecule has 0 aromatic heterocycles. The molecule has 0 aromatic carbocycles. The molecular formula is C38H67N7O18. The van der Waals surface area contributed by atoms with Crippen LogP contribution in [0.25, 0.3) is 10.4 Å². The number of nitrogens with zero attached hydrogens (tertiary/aromatic N) is 3. The molecule has 4 amide bonds. The number of alkyl carbamates (subject to hydrolysis) is 4. The number of azide groups is 1. The molecule has 6 unspecified atom stereocenters. The van der Waals surface area contributed by atoms with Crippen molar-refractivity contribution in [2.45, 2.75) is 204 Å². The van der Waals surface area contributed by atoms with Crippen LogP contribution < -0.4 is 21.3 Å². The van der Waals surface area contributed by atoms with Crippen molar-refractivity contribution in [2.75, 3.05) is 13.1 Å². The Morgan fingerprint density at radius 1 is 0.571 bits per heavy atom. The maximum Gasteiger partial charge on any atom is 0.408 e. The fraction of sp³-hybridized carbons (Fsp3) is 0.895. The van der Waals surface area contributed by atoms with E-state index in [0.717, 1.165) is 0 Å². The zero-order chi connectivity index (χ0) is 48.0. The monoisotopic (exact) mass is 909 g/mol. The van der Waals surface area contributed by atoms with Crippen LogP contribution in [0.15, 0.2) is 5.11 Å². The molecule has 63 heavy (non-hydrogen) atoms. The minimum absolute atomic E-state index is 0.379. The second kappa shape index (κ2) is 21.3. The van der Waals surface area contributed by atoms with E-state index in [1.165, 1.54) is 0 Å². The van der Waals surface area contributed by atoms with Crippen molar-refractivity contribution in [3.05, 3.63) is 10.4 Å². The van der Waals surface area contributed by atoms with Crippen LogP contribution in [-0.2, 0) is 37.9 Å². The van der Waals surface area contributed by atoms with E-state index >= 15 is 0 Å². The van der Waals surface area contributed by atoms with Gasteiger partial charge in [0, 0.05) is 11.5 Å². The Balaban J connectivity index is 2.08. The molecular weight excluding hydrogens is 842 g/mol. The van der Waals surface area contributed by atoms with Gasteiger partial charge in [0.25, 0.3) is 0 Å². The van der Waals surface area contributed by atoms with Gasteiger partial charge in [-0.25, -0.2) is 19.2 Å². The van der Waals surface area contributed by atoms with Crippen molar-refractivity contribution >= 4 is 24.4 Å². The predicted molar refractivity (Wildman–Crippen MR) is 215 cm³/mol. The number of aliphatic hydroxyl groups excluding tert-OH is 6. The van der Waals surface area contributed by atoms with Gasteiger partial charge < -0.3 is 89.8 Å². The van der Waals surface area contributed by atoms with E-state index < -0.39 is 152 Å². The van der Waals surface area contributed by atoms with E-state index in [0.29, 0.717) is 0 Å². The van der Waals surface area contributed by atoms with Gasteiger partial charge in [-0.1, -0.05) is 5.11 Å². The van der Waals surface area contributed by atoms with E-state index in [9.17, 15) is 49.8 Å². The van der Waals surface area contributed by atoms with E-state index in [-0.39, 0.29) is 6.42 Å². The molecule has 0 bridgehead atoms. The van der Waals surface area contributed by atoms with Gasteiger partial charge in [0.2, 0.25) is 0 Å². The molecule has 0 spiro atoms. The molecule has 25 heteroatoms. The average molecular weight is 910 g/mol. The maximum absolute atomic E-state index is 13.3. The van der Waals surface area contributed by atoms with E-state index in [1.807, 2.05) is 0 Å². The molecule has 3 fully saturated rings. The number of hydrogen-bond donors (Lipinski definition) is 10. The van der Waals surface area contributed by atoms with E-state index in [4.69, 9.17) is 43.4 Å². The van der Waals surface area contributed by atoms with E-state index in [2.05, 4.69) is 31.3 Å². The normalized spacial score (nSPS) is 34.0. The first-order valence-electron chi connectivity index (χ1n) is 20.5. The molecule has 2 saturated heterocycles. The van der Waals surface area contributed by atoms with Crippen LogP contribution in [0.3, 0.4) is 0 Å². The number of nitrogens with one attached hydrogen (secondary N) is 4. The smallest absolute Gasteiger partial charge is 0.408 e. The molecule has 1 aliphatic carbocycles. The summed E-state index contributed by atoms with van der Waals surface area (Å²) >= 11 is 0. The summed E-state index contributed by atoms with van der Waals surface area (Å²) in [5, 5.41) is 81.2. The first-order chi connectivity index (χ1) is 28.8. The molecule has 3 aliphatic rings. The Bertz CT molecular complexity index is 1610. The van der Waals surface area contributed by atoms with Crippen LogP contribution in [-0.4, -0.2) is 182 Å².